The van der Waals surface area contributed by atoms with Gasteiger partial charge >= 0.3 is 5.97 Å². The second-order valence-corrected chi connectivity index (χ2v) is 5.93. The van der Waals surface area contributed by atoms with E-state index in [2.05, 4.69) is 17.4 Å². The largest absolute Gasteiger partial charge is 0.465 e. The number of benzene rings is 1. The van der Waals surface area contributed by atoms with E-state index in [1.807, 2.05) is 12.1 Å². The number of nitrogens with one attached hydrogen (secondary N) is 1. The van der Waals surface area contributed by atoms with Gasteiger partial charge in [-0.2, -0.15) is 0 Å². The summed E-state index contributed by atoms with van der Waals surface area (Å²) in [7, 11) is 1.33. The molecule has 2 aromatic rings. The molecule has 0 unspecified atom stereocenters. The van der Waals surface area contributed by atoms with Crippen LogP contribution >= 0.6 is 11.3 Å². The van der Waals surface area contributed by atoms with Crippen LogP contribution in [0.25, 0.3) is 0 Å². The summed E-state index contributed by atoms with van der Waals surface area (Å²) in [6.45, 7) is 0. The van der Waals surface area contributed by atoms with Crippen LogP contribution in [-0.4, -0.2) is 19.0 Å². The topological polar surface area (TPSA) is 55.4 Å². The molecule has 0 saturated carbocycles. The minimum atomic E-state index is -0.421. The maximum Gasteiger partial charge on any atom is 0.350 e. The summed E-state index contributed by atoms with van der Waals surface area (Å²) in [5.41, 5.74) is 3.00. The summed E-state index contributed by atoms with van der Waals surface area (Å²) in [5, 5.41) is 4.62. The van der Waals surface area contributed by atoms with Gasteiger partial charge in [-0.3, -0.25) is 4.79 Å². The molecular formula is C16H15NO3S. The van der Waals surface area contributed by atoms with Crippen molar-refractivity contribution in [2.75, 3.05) is 12.4 Å². The van der Waals surface area contributed by atoms with Crippen molar-refractivity contribution in [2.45, 2.75) is 12.8 Å². The Kier molecular flexibility index (Phi) is 3.75. The summed E-state index contributed by atoms with van der Waals surface area (Å²) in [4.78, 5) is 24.4. The standard InChI is InChI=1S/C16H15NO3S/c1-20-16(19)14-13(6-7-21-14)17-15(18)12-8-10-4-2-3-5-11(10)9-12/h2-7,12H,8-9H2,1H3,(H,17,18). The Morgan fingerprint density at radius 3 is 2.48 bits per heavy atom. The summed E-state index contributed by atoms with van der Waals surface area (Å²) >= 11 is 1.26. The van der Waals surface area contributed by atoms with Crippen molar-refractivity contribution in [2.24, 2.45) is 5.92 Å². The van der Waals surface area contributed by atoms with E-state index in [0.717, 1.165) is 12.8 Å². The van der Waals surface area contributed by atoms with E-state index in [1.54, 1.807) is 11.4 Å². The smallest absolute Gasteiger partial charge is 0.350 e. The maximum atomic E-state index is 12.4. The van der Waals surface area contributed by atoms with Gasteiger partial charge in [0.15, 0.2) is 0 Å². The quantitative estimate of drug-likeness (QED) is 0.887. The molecule has 1 aromatic heterocycles. The molecule has 1 aromatic carbocycles. The number of carbonyl (C=O) groups excluding carboxylic acids is 2. The lowest BCUT2D eigenvalue weighted by Gasteiger charge is -2.10. The van der Waals surface area contributed by atoms with Crippen molar-refractivity contribution < 1.29 is 14.3 Å². The van der Waals surface area contributed by atoms with Crippen LogP contribution in [0.3, 0.4) is 0 Å². The molecular weight excluding hydrogens is 286 g/mol. The highest BCUT2D eigenvalue weighted by atomic mass is 32.1. The van der Waals surface area contributed by atoms with Gasteiger partial charge in [0.05, 0.1) is 12.8 Å². The second kappa shape index (κ2) is 5.69. The van der Waals surface area contributed by atoms with Crippen LogP contribution in [0.4, 0.5) is 5.69 Å². The molecule has 108 valence electrons. The highest BCUT2D eigenvalue weighted by Crippen LogP contribution is 2.29. The van der Waals surface area contributed by atoms with Gasteiger partial charge in [0.25, 0.3) is 0 Å². The molecule has 0 aliphatic heterocycles. The third-order valence-electron chi connectivity index (χ3n) is 3.72. The van der Waals surface area contributed by atoms with E-state index in [4.69, 9.17) is 4.74 Å². The summed E-state index contributed by atoms with van der Waals surface area (Å²) in [5.74, 6) is -0.544. The second-order valence-electron chi connectivity index (χ2n) is 5.02. The Morgan fingerprint density at radius 1 is 1.19 bits per heavy atom. The number of hydrogen-bond donors (Lipinski definition) is 1. The summed E-state index contributed by atoms with van der Waals surface area (Å²) < 4.78 is 4.71. The van der Waals surface area contributed by atoms with Gasteiger partial charge in [-0.05, 0) is 35.4 Å². The Labute approximate surface area is 126 Å². The average Bonchev–Trinajstić information content (AvgIpc) is 3.12. The highest BCUT2D eigenvalue weighted by molar-refractivity contribution is 7.12. The van der Waals surface area contributed by atoms with Gasteiger partial charge < -0.3 is 10.1 Å². The SMILES string of the molecule is COC(=O)c1sccc1NC(=O)C1Cc2ccccc2C1. The molecule has 4 nitrogen and oxygen atoms in total. The van der Waals surface area contributed by atoms with Crippen molar-refractivity contribution >= 4 is 28.9 Å². The predicted molar refractivity (Wildman–Crippen MR) is 81.6 cm³/mol. The fourth-order valence-electron chi connectivity index (χ4n) is 2.64. The molecule has 21 heavy (non-hydrogen) atoms. The number of methoxy groups -OCH3 is 1. The third-order valence-corrected chi connectivity index (χ3v) is 4.61. The Morgan fingerprint density at radius 2 is 1.86 bits per heavy atom. The van der Waals surface area contributed by atoms with Gasteiger partial charge in [-0.25, -0.2) is 4.79 Å². The predicted octanol–water partition coefficient (Wildman–Crippen LogP) is 2.89. The van der Waals surface area contributed by atoms with E-state index >= 15 is 0 Å². The molecule has 0 spiro atoms. The molecule has 0 atom stereocenters. The van der Waals surface area contributed by atoms with Crippen LogP contribution in [0.2, 0.25) is 0 Å². The normalized spacial score (nSPS) is 13.8. The summed E-state index contributed by atoms with van der Waals surface area (Å²) in [6, 6.07) is 9.85. The molecule has 0 saturated heterocycles. The zero-order valence-electron chi connectivity index (χ0n) is 11.6. The maximum absolute atomic E-state index is 12.4. The fraction of sp³-hybridized carbons (Fsp3) is 0.250. The monoisotopic (exact) mass is 301 g/mol. The number of anilines is 1. The minimum Gasteiger partial charge on any atom is -0.465 e. The van der Waals surface area contributed by atoms with E-state index in [9.17, 15) is 9.59 Å². The van der Waals surface area contributed by atoms with Crippen LogP contribution in [0.5, 0.6) is 0 Å². The van der Waals surface area contributed by atoms with Crippen LogP contribution in [0.1, 0.15) is 20.8 Å². The lowest BCUT2D eigenvalue weighted by molar-refractivity contribution is -0.119. The van der Waals surface area contributed by atoms with Crippen LogP contribution in [0, 0.1) is 5.92 Å². The third kappa shape index (κ3) is 2.69. The van der Waals surface area contributed by atoms with Crippen molar-refractivity contribution in [3.05, 3.63) is 51.7 Å². The van der Waals surface area contributed by atoms with Gasteiger partial charge in [0.2, 0.25) is 5.91 Å². The van der Waals surface area contributed by atoms with Gasteiger partial charge in [0, 0.05) is 5.92 Å². The molecule has 5 heteroatoms. The molecule has 1 aliphatic carbocycles. The van der Waals surface area contributed by atoms with Crippen molar-refractivity contribution in [1.29, 1.82) is 0 Å². The number of esters is 1. The molecule has 0 bridgehead atoms. The zero-order chi connectivity index (χ0) is 14.8. The van der Waals surface area contributed by atoms with Gasteiger partial charge in [-0.15, -0.1) is 11.3 Å². The number of rotatable bonds is 3. The fourth-order valence-corrected chi connectivity index (χ4v) is 3.40. The molecule has 0 fully saturated rings. The summed E-state index contributed by atoms with van der Waals surface area (Å²) in [6.07, 6.45) is 1.50. The highest BCUT2D eigenvalue weighted by Gasteiger charge is 2.28. The first-order chi connectivity index (χ1) is 10.2. The number of fused-ring (bicyclic) bond motifs is 1. The Hall–Kier alpha value is -2.14. The van der Waals surface area contributed by atoms with Crippen LogP contribution < -0.4 is 5.32 Å². The van der Waals surface area contributed by atoms with E-state index in [1.165, 1.54) is 29.6 Å². The zero-order valence-corrected chi connectivity index (χ0v) is 12.4. The van der Waals surface area contributed by atoms with Crippen molar-refractivity contribution in [3.8, 4) is 0 Å². The lowest BCUT2D eigenvalue weighted by atomic mass is 10.1. The first-order valence-corrected chi connectivity index (χ1v) is 7.60. The molecule has 3 rings (SSSR count). The number of thiophene rings is 1. The van der Waals surface area contributed by atoms with E-state index in [-0.39, 0.29) is 11.8 Å². The number of amides is 1. The Balaban J connectivity index is 1.71. The number of carbonyl (C=O) groups is 2. The van der Waals surface area contributed by atoms with Crippen LogP contribution in [-0.2, 0) is 22.4 Å². The van der Waals surface area contributed by atoms with Crippen molar-refractivity contribution in [3.63, 3.8) is 0 Å². The molecule has 1 heterocycles. The first-order valence-electron chi connectivity index (χ1n) is 6.72. The van der Waals surface area contributed by atoms with E-state index in [0.29, 0.717) is 10.6 Å². The van der Waals surface area contributed by atoms with Crippen LogP contribution in [0.15, 0.2) is 35.7 Å². The van der Waals surface area contributed by atoms with E-state index < -0.39 is 5.97 Å². The van der Waals surface area contributed by atoms with Crippen molar-refractivity contribution in [1.82, 2.24) is 0 Å². The van der Waals surface area contributed by atoms with Gasteiger partial charge in [-0.1, -0.05) is 24.3 Å². The lowest BCUT2D eigenvalue weighted by Crippen LogP contribution is -2.23. The Bertz CT molecular complexity index is 667. The molecule has 1 aliphatic rings. The molecule has 0 radical (unpaired) electrons. The minimum absolute atomic E-state index is 0.0465. The first kappa shape index (κ1) is 13.8. The number of ether oxygens (including phenoxy) is 1. The molecule has 1 N–H and O–H groups in total. The number of hydrogen-bond acceptors (Lipinski definition) is 4. The average molecular weight is 301 g/mol. The molecule has 1 amide bonds. The van der Waals surface area contributed by atoms with Gasteiger partial charge in [0.1, 0.15) is 4.88 Å².